The average Bonchev–Trinajstić information content (AvgIpc) is 2.68. The Labute approximate surface area is 153 Å². The second kappa shape index (κ2) is 8.39. The molecule has 0 saturated heterocycles. The average molecular weight is 349 g/mol. The van der Waals surface area contributed by atoms with Crippen molar-refractivity contribution < 1.29 is 14.3 Å². The van der Waals surface area contributed by atoms with E-state index in [4.69, 9.17) is 9.47 Å². The van der Waals surface area contributed by atoms with Crippen LogP contribution in [0.1, 0.15) is 24.9 Å². The van der Waals surface area contributed by atoms with Crippen LogP contribution in [0.3, 0.4) is 0 Å². The van der Waals surface area contributed by atoms with Gasteiger partial charge >= 0.3 is 0 Å². The Morgan fingerprint density at radius 1 is 0.962 bits per heavy atom. The third kappa shape index (κ3) is 4.33. The summed E-state index contributed by atoms with van der Waals surface area (Å²) in [7, 11) is 1.62. The van der Waals surface area contributed by atoms with Crippen molar-refractivity contribution in [2.45, 2.75) is 19.4 Å². The molecular weight excluding hydrogens is 326 g/mol. The van der Waals surface area contributed by atoms with Gasteiger partial charge in [0.15, 0.2) is 0 Å². The number of hydrogen-bond donors (Lipinski definition) is 1. The van der Waals surface area contributed by atoms with Gasteiger partial charge in [-0.05, 0) is 47.5 Å². The minimum absolute atomic E-state index is 0.0288. The number of methoxy groups -OCH3 is 1. The highest BCUT2D eigenvalue weighted by Crippen LogP contribution is 2.24. The standard InChI is InChI=1S/C22H23NO3/c1-16(20-9-5-7-17-6-3-4-8-21(17)20)23-22(24)14-15-26-19-12-10-18(25-2)11-13-19/h3-13,16H,14-15H2,1-2H3,(H,23,24). The van der Waals surface area contributed by atoms with Gasteiger partial charge in [0.1, 0.15) is 11.5 Å². The summed E-state index contributed by atoms with van der Waals surface area (Å²) in [4.78, 5) is 12.2. The first-order chi connectivity index (χ1) is 12.7. The number of nitrogens with one attached hydrogen (secondary N) is 1. The van der Waals surface area contributed by atoms with E-state index in [0.717, 1.165) is 22.4 Å². The topological polar surface area (TPSA) is 47.6 Å². The number of carbonyl (C=O) groups excluding carboxylic acids is 1. The highest BCUT2D eigenvalue weighted by atomic mass is 16.5. The Kier molecular flexibility index (Phi) is 5.74. The second-order valence-electron chi connectivity index (χ2n) is 6.13. The Hall–Kier alpha value is -3.01. The number of hydrogen-bond acceptors (Lipinski definition) is 3. The Morgan fingerprint density at radius 3 is 2.42 bits per heavy atom. The molecule has 0 aliphatic rings. The molecule has 0 fully saturated rings. The predicted molar refractivity (Wildman–Crippen MR) is 104 cm³/mol. The van der Waals surface area contributed by atoms with E-state index in [2.05, 4.69) is 29.6 Å². The van der Waals surface area contributed by atoms with Crippen LogP contribution in [0, 0.1) is 0 Å². The lowest BCUT2D eigenvalue weighted by atomic mass is 9.99. The Balaban J connectivity index is 1.53. The molecule has 0 bridgehead atoms. The van der Waals surface area contributed by atoms with Gasteiger partial charge in [-0.3, -0.25) is 4.79 Å². The minimum atomic E-state index is -0.0606. The first-order valence-corrected chi connectivity index (χ1v) is 8.71. The molecule has 4 heteroatoms. The van der Waals surface area contributed by atoms with Gasteiger partial charge in [0, 0.05) is 0 Å². The number of benzene rings is 3. The summed E-state index contributed by atoms with van der Waals surface area (Å²) in [5, 5.41) is 5.39. The molecule has 0 radical (unpaired) electrons. The van der Waals surface area contributed by atoms with Crippen molar-refractivity contribution in [3.05, 3.63) is 72.3 Å². The van der Waals surface area contributed by atoms with Gasteiger partial charge < -0.3 is 14.8 Å². The maximum absolute atomic E-state index is 12.2. The van der Waals surface area contributed by atoms with E-state index in [1.54, 1.807) is 7.11 Å². The van der Waals surface area contributed by atoms with Crippen LogP contribution < -0.4 is 14.8 Å². The van der Waals surface area contributed by atoms with E-state index in [9.17, 15) is 4.79 Å². The van der Waals surface area contributed by atoms with Crippen molar-refractivity contribution >= 4 is 16.7 Å². The van der Waals surface area contributed by atoms with E-state index < -0.39 is 0 Å². The quantitative estimate of drug-likeness (QED) is 0.683. The van der Waals surface area contributed by atoms with Crippen molar-refractivity contribution in [2.75, 3.05) is 13.7 Å². The van der Waals surface area contributed by atoms with Gasteiger partial charge in [0.25, 0.3) is 0 Å². The van der Waals surface area contributed by atoms with Gasteiger partial charge in [-0.1, -0.05) is 42.5 Å². The van der Waals surface area contributed by atoms with Gasteiger partial charge in [-0.25, -0.2) is 0 Å². The highest BCUT2D eigenvalue weighted by Gasteiger charge is 2.12. The number of carbonyl (C=O) groups is 1. The fourth-order valence-corrected chi connectivity index (χ4v) is 2.95. The highest BCUT2D eigenvalue weighted by molar-refractivity contribution is 5.86. The van der Waals surface area contributed by atoms with E-state index in [1.807, 2.05) is 49.4 Å². The zero-order valence-corrected chi connectivity index (χ0v) is 15.1. The fraction of sp³-hybridized carbons (Fsp3) is 0.227. The molecule has 3 aromatic carbocycles. The summed E-state index contributed by atoms with van der Waals surface area (Å²) in [6.45, 7) is 2.34. The molecule has 4 nitrogen and oxygen atoms in total. The van der Waals surface area contributed by atoms with Crippen molar-refractivity contribution in [1.82, 2.24) is 5.32 Å². The second-order valence-corrected chi connectivity index (χ2v) is 6.13. The smallest absolute Gasteiger partial charge is 0.223 e. The lowest BCUT2D eigenvalue weighted by molar-refractivity contribution is -0.122. The number of fused-ring (bicyclic) bond motifs is 1. The van der Waals surface area contributed by atoms with E-state index in [-0.39, 0.29) is 11.9 Å². The van der Waals surface area contributed by atoms with E-state index >= 15 is 0 Å². The zero-order chi connectivity index (χ0) is 18.4. The molecule has 0 aromatic heterocycles. The largest absolute Gasteiger partial charge is 0.497 e. The molecule has 1 unspecified atom stereocenters. The van der Waals surface area contributed by atoms with Gasteiger partial charge in [0.2, 0.25) is 5.91 Å². The summed E-state index contributed by atoms with van der Waals surface area (Å²) >= 11 is 0. The normalized spacial score (nSPS) is 11.8. The van der Waals surface area contributed by atoms with E-state index in [1.165, 1.54) is 5.39 Å². The fourth-order valence-electron chi connectivity index (χ4n) is 2.95. The molecule has 1 amide bonds. The molecule has 134 valence electrons. The van der Waals surface area contributed by atoms with Crippen molar-refractivity contribution in [3.63, 3.8) is 0 Å². The molecule has 0 saturated carbocycles. The first kappa shape index (κ1) is 17.8. The van der Waals surface area contributed by atoms with Crippen LogP contribution in [0.2, 0.25) is 0 Å². The lowest BCUT2D eigenvalue weighted by Crippen LogP contribution is -2.28. The van der Waals surface area contributed by atoms with E-state index in [0.29, 0.717) is 13.0 Å². The number of amides is 1. The SMILES string of the molecule is COc1ccc(OCCC(=O)NC(C)c2cccc3ccccc23)cc1. The van der Waals surface area contributed by atoms with Gasteiger partial charge in [-0.15, -0.1) is 0 Å². The monoisotopic (exact) mass is 349 g/mol. The number of ether oxygens (including phenoxy) is 2. The van der Waals surface area contributed by atoms with Crippen molar-refractivity contribution in [1.29, 1.82) is 0 Å². The molecule has 0 spiro atoms. The van der Waals surface area contributed by atoms with Crippen LogP contribution in [-0.2, 0) is 4.79 Å². The van der Waals surface area contributed by atoms with Crippen LogP contribution in [0.25, 0.3) is 10.8 Å². The molecule has 3 rings (SSSR count). The number of rotatable bonds is 7. The summed E-state index contributed by atoms with van der Waals surface area (Å²) in [6, 6.07) is 21.6. The lowest BCUT2D eigenvalue weighted by Gasteiger charge is -2.17. The molecule has 0 aliphatic carbocycles. The molecular formula is C22H23NO3. The van der Waals surface area contributed by atoms with Crippen molar-refractivity contribution in [3.8, 4) is 11.5 Å². The molecule has 0 heterocycles. The Bertz CT molecular complexity index is 869. The van der Waals surface area contributed by atoms with Crippen molar-refractivity contribution in [2.24, 2.45) is 0 Å². The summed E-state index contributed by atoms with van der Waals surface area (Å²) in [5.41, 5.74) is 1.12. The third-order valence-electron chi connectivity index (χ3n) is 4.32. The molecule has 1 atom stereocenters. The molecule has 3 aromatic rings. The van der Waals surface area contributed by atoms with Gasteiger partial charge in [-0.2, -0.15) is 0 Å². The summed E-state index contributed by atoms with van der Waals surface area (Å²) in [6.07, 6.45) is 0.307. The van der Waals surface area contributed by atoms with Crippen LogP contribution in [0.5, 0.6) is 11.5 Å². The molecule has 0 aliphatic heterocycles. The zero-order valence-electron chi connectivity index (χ0n) is 15.1. The third-order valence-corrected chi connectivity index (χ3v) is 4.32. The Morgan fingerprint density at radius 2 is 1.65 bits per heavy atom. The van der Waals surface area contributed by atoms with Crippen LogP contribution in [0.4, 0.5) is 0 Å². The first-order valence-electron chi connectivity index (χ1n) is 8.71. The van der Waals surface area contributed by atoms with Crippen LogP contribution in [-0.4, -0.2) is 19.6 Å². The maximum atomic E-state index is 12.2. The molecule has 26 heavy (non-hydrogen) atoms. The van der Waals surface area contributed by atoms with Crippen LogP contribution in [0.15, 0.2) is 66.7 Å². The molecule has 1 N–H and O–H groups in total. The maximum Gasteiger partial charge on any atom is 0.223 e. The predicted octanol–water partition coefficient (Wildman–Crippen LogP) is 4.49. The minimum Gasteiger partial charge on any atom is -0.497 e. The summed E-state index contributed by atoms with van der Waals surface area (Å²) in [5.74, 6) is 1.47. The summed E-state index contributed by atoms with van der Waals surface area (Å²) < 4.78 is 10.7. The van der Waals surface area contributed by atoms with Crippen LogP contribution >= 0.6 is 0 Å². The van der Waals surface area contributed by atoms with Gasteiger partial charge in [0.05, 0.1) is 26.2 Å².